The molecule has 0 aromatic heterocycles. The van der Waals surface area contributed by atoms with Gasteiger partial charge in [-0.05, 0) is 6.07 Å². The summed E-state index contributed by atoms with van der Waals surface area (Å²) in [6.07, 6.45) is -1.15. The van der Waals surface area contributed by atoms with Crippen molar-refractivity contribution >= 4 is 11.7 Å². The smallest absolute Gasteiger partial charge is 0.338 e. The monoisotopic (exact) mass is 241 g/mol. The first-order valence-electron chi connectivity index (χ1n) is 4.75. The highest BCUT2D eigenvalue weighted by Gasteiger charge is 2.13. The van der Waals surface area contributed by atoms with Gasteiger partial charge in [-0.15, -0.1) is 0 Å². The number of aliphatic hydroxyl groups excluding tert-OH is 2. The Morgan fingerprint density at radius 3 is 2.82 bits per heavy atom. The Balaban J connectivity index is 2.69. The van der Waals surface area contributed by atoms with Gasteiger partial charge in [0.25, 0.3) is 5.69 Å². The Hall–Kier alpha value is -1.99. The van der Waals surface area contributed by atoms with Crippen LogP contribution in [0.5, 0.6) is 0 Å². The molecule has 0 saturated heterocycles. The summed E-state index contributed by atoms with van der Waals surface area (Å²) in [5, 5.41) is 27.9. The van der Waals surface area contributed by atoms with E-state index in [0.29, 0.717) is 0 Å². The maximum Gasteiger partial charge on any atom is 0.338 e. The van der Waals surface area contributed by atoms with Crippen LogP contribution in [0.2, 0.25) is 0 Å². The van der Waals surface area contributed by atoms with Crippen molar-refractivity contribution in [1.29, 1.82) is 0 Å². The first-order chi connectivity index (χ1) is 8.04. The number of nitro groups is 1. The van der Waals surface area contributed by atoms with Gasteiger partial charge in [-0.1, -0.05) is 6.07 Å². The third-order valence-electron chi connectivity index (χ3n) is 1.91. The van der Waals surface area contributed by atoms with E-state index in [1.165, 1.54) is 18.2 Å². The fraction of sp³-hybridized carbons (Fsp3) is 0.300. The van der Waals surface area contributed by atoms with Crippen molar-refractivity contribution < 1.29 is 24.7 Å². The molecule has 0 aliphatic heterocycles. The van der Waals surface area contributed by atoms with E-state index in [4.69, 9.17) is 10.2 Å². The Kier molecular flexibility index (Phi) is 4.56. The molecule has 1 atom stereocenters. The van der Waals surface area contributed by atoms with E-state index in [1.54, 1.807) is 0 Å². The van der Waals surface area contributed by atoms with Gasteiger partial charge in [0.2, 0.25) is 0 Å². The standard InChI is InChI=1S/C10H11NO6/c12-5-9(13)6-17-10(14)7-2-1-3-8(4-7)11(15)16/h1-4,9,12-13H,5-6H2. The van der Waals surface area contributed by atoms with Gasteiger partial charge in [-0.25, -0.2) is 4.79 Å². The third-order valence-corrected chi connectivity index (χ3v) is 1.91. The maximum absolute atomic E-state index is 11.4. The summed E-state index contributed by atoms with van der Waals surface area (Å²) in [5.74, 6) is -0.791. The fourth-order valence-electron chi connectivity index (χ4n) is 1.05. The highest BCUT2D eigenvalue weighted by molar-refractivity contribution is 5.90. The van der Waals surface area contributed by atoms with Crippen molar-refractivity contribution in [1.82, 2.24) is 0 Å². The zero-order valence-electron chi connectivity index (χ0n) is 8.78. The van der Waals surface area contributed by atoms with Crippen molar-refractivity contribution in [3.8, 4) is 0 Å². The topological polar surface area (TPSA) is 110 Å². The van der Waals surface area contributed by atoms with Crippen LogP contribution in [0.4, 0.5) is 5.69 Å². The van der Waals surface area contributed by atoms with Crippen molar-refractivity contribution in [2.75, 3.05) is 13.2 Å². The quantitative estimate of drug-likeness (QED) is 0.430. The number of carbonyl (C=O) groups excluding carboxylic acids is 1. The molecular formula is C10H11NO6. The molecule has 7 nitrogen and oxygen atoms in total. The van der Waals surface area contributed by atoms with Gasteiger partial charge in [0, 0.05) is 12.1 Å². The lowest BCUT2D eigenvalue weighted by molar-refractivity contribution is -0.384. The van der Waals surface area contributed by atoms with E-state index in [1.807, 2.05) is 0 Å². The molecule has 1 aromatic carbocycles. The van der Waals surface area contributed by atoms with Crippen LogP contribution in [0, 0.1) is 10.1 Å². The van der Waals surface area contributed by atoms with Crippen molar-refractivity contribution in [3.63, 3.8) is 0 Å². The van der Waals surface area contributed by atoms with Crippen molar-refractivity contribution in [3.05, 3.63) is 39.9 Å². The summed E-state index contributed by atoms with van der Waals surface area (Å²) < 4.78 is 4.64. The summed E-state index contributed by atoms with van der Waals surface area (Å²) in [6.45, 7) is -0.889. The van der Waals surface area contributed by atoms with Crippen LogP contribution in [-0.2, 0) is 4.74 Å². The van der Waals surface area contributed by atoms with E-state index >= 15 is 0 Å². The minimum atomic E-state index is -1.15. The predicted octanol–water partition coefficient (Wildman–Crippen LogP) is 0.105. The summed E-state index contributed by atoms with van der Waals surface area (Å²) in [4.78, 5) is 21.2. The number of hydrogen-bond acceptors (Lipinski definition) is 6. The van der Waals surface area contributed by atoms with E-state index in [-0.39, 0.29) is 17.9 Å². The van der Waals surface area contributed by atoms with Crippen LogP contribution in [-0.4, -0.2) is 40.4 Å². The molecule has 2 N–H and O–H groups in total. The molecule has 0 aliphatic carbocycles. The minimum absolute atomic E-state index is 0.0179. The molecule has 0 spiro atoms. The molecule has 1 aromatic rings. The molecule has 17 heavy (non-hydrogen) atoms. The Labute approximate surface area is 96.4 Å². The van der Waals surface area contributed by atoms with Crippen LogP contribution in [0.1, 0.15) is 10.4 Å². The van der Waals surface area contributed by atoms with E-state index in [2.05, 4.69) is 4.74 Å². The van der Waals surface area contributed by atoms with E-state index in [0.717, 1.165) is 6.07 Å². The number of hydrogen-bond donors (Lipinski definition) is 2. The van der Waals surface area contributed by atoms with Crippen LogP contribution in [0.25, 0.3) is 0 Å². The number of ether oxygens (including phenoxy) is 1. The first kappa shape index (κ1) is 13.1. The normalized spacial score (nSPS) is 11.9. The van der Waals surface area contributed by atoms with Gasteiger partial charge in [0.15, 0.2) is 0 Å². The predicted molar refractivity (Wildman–Crippen MR) is 56.5 cm³/mol. The summed E-state index contributed by atoms with van der Waals surface area (Å²) in [7, 11) is 0. The Bertz CT molecular complexity index is 419. The number of nitrogens with zero attached hydrogens (tertiary/aromatic N) is 1. The molecule has 0 amide bonds. The average molecular weight is 241 g/mol. The number of esters is 1. The molecular weight excluding hydrogens is 230 g/mol. The SMILES string of the molecule is O=C(OCC(O)CO)c1cccc([N+](=O)[O-])c1. The molecule has 0 fully saturated rings. The molecule has 0 heterocycles. The third kappa shape index (κ3) is 3.82. The second-order valence-electron chi connectivity index (χ2n) is 3.24. The van der Waals surface area contributed by atoms with Gasteiger partial charge < -0.3 is 14.9 Å². The molecule has 0 aliphatic rings. The highest BCUT2D eigenvalue weighted by atomic mass is 16.6. The Morgan fingerprint density at radius 2 is 2.24 bits per heavy atom. The van der Waals surface area contributed by atoms with E-state index < -0.39 is 23.6 Å². The zero-order valence-corrected chi connectivity index (χ0v) is 8.78. The summed E-state index contributed by atoms with van der Waals surface area (Å²) >= 11 is 0. The van der Waals surface area contributed by atoms with Gasteiger partial charge in [0.05, 0.1) is 17.1 Å². The highest BCUT2D eigenvalue weighted by Crippen LogP contribution is 2.13. The van der Waals surface area contributed by atoms with Crippen LogP contribution in [0.3, 0.4) is 0 Å². The molecule has 0 saturated carbocycles. The molecule has 1 unspecified atom stereocenters. The number of carbonyl (C=O) groups is 1. The second kappa shape index (κ2) is 5.92. The lowest BCUT2D eigenvalue weighted by atomic mass is 10.2. The second-order valence-corrected chi connectivity index (χ2v) is 3.24. The first-order valence-corrected chi connectivity index (χ1v) is 4.75. The number of nitro benzene ring substituents is 1. The Morgan fingerprint density at radius 1 is 1.53 bits per heavy atom. The molecule has 1 rings (SSSR count). The van der Waals surface area contributed by atoms with Gasteiger partial charge >= 0.3 is 5.97 Å². The summed E-state index contributed by atoms with van der Waals surface area (Å²) in [5.41, 5.74) is -0.202. The molecule has 7 heteroatoms. The number of benzene rings is 1. The van der Waals surface area contributed by atoms with Gasteiger partial charge in [0.1, 0.15) is 12.7 Å². The van der Waals surface area contributed by atoms with Crippen LogP contribution >= 0.6 is 0 Å². The van der Waals surface area contributed by atoms with E-state index in [9.17, 15) is 14.9 Å². The van der Waals surface area contributed by atoms with Gasteiger partial charge in [-0.3, -0.25) is 10.1 Å². The minimum Gasteiger partial charge on any atom is -0.459 e. The zero-order chi connectivity index (χ0) is 12.8. The fourth-order valence-corrected chi connectivity index (χ4v) is 1.05. The molecule has 0 radical (unpaired) electrons. The average Bonchev–Trinajstić information content (AvgIpc) is 2.35. The largest absolute Gasteiger partial charge is 0.459 e. The van der Waals surface area contributed by atoms with Gasteiger partial charge in [-0.2, -0.15) is 0 Å². The van der Waals surface area contributed by atoms with Crippen LogP contribution in [0.15, 0.2) is 24.3 Å². The van der Waals surface area contributed by atoms with Crippen molar-refractivity contribution in [2.24, 2.45) is 0 Å². The molecule has 92 valence electrons. The maximum atomic E-state index is 11.4. The lowest BCUT2D eigenvalue weighted by Crippen LogP contribution is -2.21. The molecule has 0 bridgehead atoms. The van der Waals surface area contributed by atoms with Crippen molar-refractivity contribution in [2.45, 2.75) is 6.10 Å². The number of aliphatic hydroxyl groups is 2. The van der Waals surface area contributed by atoms with Crippen LogP contribution < -0.4 is 0 Å². The lowest BCUT2D eigenvalue weighted by Gasteiger charge is -2.08. The summed E-state index contributed by atoms with van der Waals surface area (Å²) in [6, 6.07) is 5.05. The number of rotatable bonds is 5. The number of non-ortho nitro benzene ring substituents is 1.